The van der Waals surface area contributed by atoms with E-state index >= 15 is 0 Å². The highest BCUT2D eigenvalue weighted by molar-refractivity contribution is 5.94. The number of benzene rings is 2. The predicted octanol–water partition coefficient (Wildman–Crippen LogP) is 1.89. The second kappa shape index (κ2) is 13.7. The number of hydrogen-bond acceptors (Lipinski definition) is 5. The molecule has 9 heteroatoms. The van der Waals surface area contributed by atoms with E-state index in [1.165, 1.54) is 4.90 Å². The van der Waals surface area contributed by atoms with Gasteiger partial charge in [0.15, 0.2) is 0 Å². The maximum absolute atomic E-state index is 13.7. The van der Waals surface area contributed by atoms with Crippen LogP contribution in [0, 0.1) is 5.92 Å². The number of amides is 3. The van der Waals surface area contributed by atoms with Crippen molar-refractivity contribution in [2.75, 3.05) is 6.54 Å². The van der Waals surface area contributed by atoms with Crippen molar-refractivity contribution in [2.24, 2.45) is 11.7 Å². The van der Waals surface area contributed by atoms with Gasteiger partial charge in [-0.05, 0) is 36.3 Å². The van der Waals surface area contributed by atoms with Gasteiger partial charge in [-0.15, -0.1) is 0 Å². The number of carbonyl (C=O) groups excluding carboxylic acids is 3. The molecule has 3 amide bonds. The summed E-state index contributed by atoms with van der Waals surface area (Å²) in [6.07, 6.45) is 2.13. The molecule has 1 fully saturated rings. The van der Waals surface area contributed by atoms with Gasteiger partial charge in [-0.25, -0.2) is 4.79 Å². The molecule has 2 aromatic rings. The van der Waals surface area contributed by atoms with Crippen LogP contribution in [0.4, 0.5) is 0 Å². The van der Waals surface area contributed by atoms with E-state index in [1.807, 2.05) is 62.4 Å². The van der Waals surface area contributed by atoms with E-state index in [0.29, 0.717) is 32.2 Å². The van der Waals surface area contributed by atoms with Crippen molar-refractivity contribution in [3.8, 4) is 0 Å². The Kier molecular flexibility index (Phi) is 10.4. The molecule has 2 aromatic carbocycles. The molecule has 38 heavy (non-hydrogen) atoms. The first-order chi connectivity index (χ1) is 18.2. The largest absolute Gasteiger partial charge is 0.480 e. The van der Waals surface area contributed by atoms with Crippen molar-refractivity contribution in [3.05, 3.63) is 71.8 Å². The summed E-state index contributed by atoms with van der Waals surface area (Å²) >= 11 is 0. The lowest BCUT2D eigenvalue weighted by Gasteiger charge is -2.32. The Balaban J connectivity index is 1.69. The third-order valence-electron chi connectivity index (χ3n) is 7.15. The van der Waals surface area contributed by atoms with Gasteiger partial charge < -0.3 is 26.4 Å². The molecular formula is C29H38N4O5. The number of rotatable bonds is 12. The van der Waals surface area contributed by atoms with Crippen molar-refractivity contribution >= 4 is 23.7 Å². The van der Waals surface area contributed by atoms with Crippen molar-refractivity contribution in [3.63, 3.8) is 0 Å². The van der Waals surface area contributed by atoms with Crippen LogP contribution in [0.1, 0.15) is 44.2 Å². The fourth-order valence-electron chi connectivity index (χ4n) is 4.70. The van der Waals surface area contributed by atoms with E-state index < -0.39 is 42.0 Å². The second-order valence-electron chi connectivity index (χ2n) is 9.95. The predicted molar refractivity (Wildman–Crippen MR) is 144 cm³/mol. The average molecular weight is 523 g/mol. The van der Waals surface area contributed by atoms with Crippen LogP contribution in [0.2, 0.25) is 0 Å². The SMILES string of the molecule is CCC(C)C(NC(=O)C(N)Cc1ccccc1)C(=O)N1CCCC1C(=O)NC(Cc1ccccc1)C(=O)O. The lowest BCUT2D eigenvalue weighted by molar-refractivity contribution is -0.145. The van der Waals surface area contributed by atoms with Crippen LogP contribution in [-0.2, 0) is 32.0 Å². The lowest BCUT2D eigenvalue weighted by atomic mass is 9.96. The van der Waals surface area contributed by atoms with Crippen molar-refractivity contribution in [1.82, 2.24) is 15.5 Å². The molecule has 0 bridgehead atoms. The van der Waals surface area contributed by atoms with Crippen molar-refractivity contribution in [2.45, 2.75) is 70.1 Å². The molecular weight excluding hydrogens is 484 g/mol. The summed E-state index contributed by atoms with van der Waals surface area (Å²) in [5.41, 5.74) is 7.86. The molecule has 3 rings (SSSR count). The number of likely N-dealkylation sites (tertiary alicyclic amines) is 1. The van der Waals surface area contributed by atoms with Crippen LogP contribution in [0.5, 0.6) is 0 Å². The van der Waals surface area contributed by atoms with Crippen molar-refractivity contribution < 1.29 is 24.3 Å². The molecule has 204 valence electrons. The van der Waals surface area contributed by atoms with Gasteiger partial charge in [-0.2, -0.15) is 0 Å². The summed E-state index contributed by atoms with van der Waals surface area (Å²) in [5.74, 6) is -2.62. The van der Waals surface area contributed by atoms with Crippen molar-refractivity contribution in [1.29, 1.82) is 0 Å². The standard InChI is InChI=1S/C29H38N4O5/c1-3-19(2)25(32-26(34)22(30)17-20-11-6-4-7-12-20)28(36)33-16-10-15-24(33)27(35)31-23(29(37)38)18-21-13-8-5-9-14-21/h4-9,11-14,19,22-25H,3,10,15-18,30H2,1-2H3,(H,31,35)(H,32,34)(H,37,38). The summed E-state index contributed by atoms with van der Waals surface area (Å²) in [6.45, 7) is 4.15. The first-order valence-electron chi connectivity index (χ1n) is 13.2. The van der Waals surface area contributed by atoms with Gasteiger partial charge in [-0.1, -0.05) is 80.9 Å². The summed E-state index contributed by atoms with van der Waals surface area (Å²) in [7, 11) is 0. The fraction of sp³-hybridized carbons (Fsp3) is 0.448. The van der Waals surface area contributed by atoms with Gasteiger partial charge in [0.1, 0.15) is 18.1 Å². The Hall–Kier alpha value is -3.72. The smallest absolute Gasteiger partial charge is 0.326 e. The maximum Gasteiger partial charge on any atom is 0.326 e. The molecule has 1 saturated heterocycles. The fourth-order valence-corrected chi connectivity index (χ4v) is 4.70. The summed E-state index contributed by atoms with van der Waals surface area (Å²) in [4.78, 5) is 53.1. The number of nitrogens with two attached hydrogens (primary N) is 1. The molecule has 5 atom stereocenters. The number of carboxylic acid groups (broad SMARTS) is 1. The van der Waals surface area contributed by atoms with Gasteiger partial charge >= 0.3 is 5.97 Å². The highest BCUT2D eigenvalue weighted by atomic mass is 16.4. The molecule has 0 aliphatic carbocycles. The number of hydrogen-bond donors (Lipinski definition) is 4. The minimum atomic E-state index is -1.14. The van der Waals surface area contributed by atoms with Crippen LogP contribution in [0.3, 0.4) is 0 Å². The normalized spacial score (nSPS) is 18.2. The molecule has 1 heterocycles. The summed E-state index contributed by atoms with van der Waals surface area (Å²) in [6, 6.07) is 14.9. The molecule has 0 spiro atoms. The average Bonchev–Trinajstić information content (AvgIpc) is 3.42. The highest BCUT2D eigenvalue weighted by Gasteiger charge is 2.40. The minimum absolute atomic E-state index is 0.132. The molecule has 9 nitrogen and oxygen atoms in total. The number of carbonyl (C=O) groups is 4. The van der Waals surface area contributed by atoms with E-state index in [-0.39, 0.29) is 18.2 Å². The number of carboxylic acids is 1. The lowest BCUT2D eigenvalue weighted by Crippen LogP contribution is -2.58. The Morgan fingerprint density at radius 2 is 1.55 bits per heavy atom. The molecule has 5 unspecified atom stereocenters. The number of aliphatic carboxylic acids is 1. The third kappa shape index (κ3) is 7.64. The van der Waals surface area contributed by atoms with E-state index in [4.69, 9.17) is 5.73 Å². The van der Waals surface area contributed by atoms with E-state index in [1.54, 1.807) is 12.1 Å². The zero-order valence-electron chi connectivity index (χ0n) is 22.0. The Morgan fingerprint density at radius 3 is 2.11 bits per heavy atom. The highest BCUT2D eigenvalue weighted by Crippen LogP contribution is 2.22. The Labute approximate surface area is 223 Å². The number of nitrogens with zero attached hydrogens (tertiary/aromatic N) is 1. The van der Waals surface area contributed by atoms with Crippen LogP contribution in [0.25, 0.3) is 0 Å². The number of nitrogens with one attached hydrogen (secondary N) is 2. The third-order valence-corrected chi connectivity index (χ3v) is 7.15. The van der Waals surface area contributed by atoms with Crippen LogP contribution in [-0.4, -0.2) is 64.4 Å². The molecule has 0 saturated carbocycles. The zero-order valence-corrected chi connectivity index (χ0v) is 22.0. The van der Waals surface area contributed by atoms with Gasteiger partial charge in [0.05, 0.1) is 6.04 Å². The molecule has 0 radical (unpaired) electrons. The van der Waals surface area contributed by atoms with E-state index in [2.05, 4.69) is 10.6 Å². The van der Waals surface area contributed by atoms with Gasteiger partial charge in [0, 0.05) is 13.0 Å². The van der Waals surface area contributed by atoms with Crippen LogP contribution >= 0.6 is 0 Å². The van der Waals surface area contributed by atoms with Crippen LogP contribution < -0.4 is 16.4 Å². The summed E-state index contributed by atoms with van der Waals surface area (Å²) < 4.78 is 0. The minimum Gasteiger partial charge on any atom is -0.480 e. The van der Waals surface area contributed by atoms with E-state index in [9.17, 15) is 24.3 Å². The van der Waals surface area contributed by atoms with Gasteiger partial charge in [0.25, 0.3) is 0 Å². The topological polar surface area (TPSA) is 142 Å². The van der Waals surface area contributed by atoms with Gasteiger partial charge in [0.2, 0.25) is 17.7 Å². The first-order valence-corrected chi connectivity index (χ1v) is 13.2. The Bertz CT molecular complexity index is 1090. The quantitative estimate of drug-likeness (QED) is 0.335. The maximum atomic E-state index is 13.7. The van der Waals surface area contributed by atoms with Gasteiger partial charge in [-0.3, -0.25) is 14.4 Å². The molecule has 0 aromatic heterocycles. The zero-order chi connectivity index (χ0) is 27.7. The summed E-state index contributed by atoms with van der Waals surface area (Å²) in [5, 5.41) is 15.2. The van der Waals surface area contributed by atoms with Crippen LogP contribution in [0.15, 0.2) is 60.7 Å². The first kappa shape index (κ1) is 28.8. The molecule has 5 N–H and O–H groups in total. The second-order valence-corrected chi connectivity index (χ2v) is 9.95. The monoisotopic (exact) mass is 522 g/mol. The molecule has 1 aliphatic rings. The van der Waals surface area contributed by atoms with E-state index in [0.717, 1.165) is 11.1 Å². The molecule has 1 aliphatic heterocycles. The Morgan fingerprint density at radius 1 is 0.974 bits per heavy atom.